The van der Waals surface area contributed by atoms with Crippen LogP contribution in [0.15, 0.2) is 28.6 Å². The Bertz CT molecular complexity index is 676. The van der Waals surface area contributed by atoms with Crippen LogP contribution in [0.4, 0.5) is 5.69 Å². The van der Waals surface area contributed by atoms with E-state index in [0.717, 1.165) is 35.0 Å². The van der Waals surface area contributed by atoms with Gasteiger partial charge in [0.25, 0.3) is 0 Å². The highest BCUT2D eigenvalue weighted by Gasteiger charge is 2.06. The molecule has 2 rings (SSSR count). The fourth-order valence-electron chi connectivity index (χ4n) is 2.01. The summed E-state index contributed by atoms with van der Waals surface area (Å²) in [5.74, 6) is 1.73. The molecule has 0 aliphatic rings. The van der Waals surface area contributed by atoms with Crippen molar-refractivity contribution in [2.24, 2.45) is 10.7 Å². The summed E-state index contributed by atoms with van der Waals surface area (Å²) in [4.78, 5) is 8.84. The predicted molar refractivity (Wildman–Crippen MR) is 110 cm³/mol. The van der Waals surface area contributed by atoms with E-state index in [1.54, 1.807) is 25.6 Å². The lowest BCUT2D eigenvalue weighted by molar-refractivity contribution is 0.405. The van der Waals surface area contributed by atoms with E-state index in [4.69, 9.17) is 15.2 Å². The molecule has 0 aliphatic carbocycles. The van der Waals surface area contributed by atoms with Gasteiger partial charge in [-0.25, -0.2) is 4.98 Å². The van der Waals surface area contributed by atoms with Crippen molar-refractivity contribution < 1.29 is 9.47 Å². The van der Waals surface area contributed by atoms with Crippen molar-refractivity contribution in [1.29, 1.82) is 0 Å². The van der Waals surface area contributed by atoms with Crippen molar-refractivity contribution in [1.82, 2.24) is 4.98 Å². The van der Waals surface area contributed by atoms with Crippen LogP contribution in [0.1, 0.15) is 17.6 Å². The van der Waals surface area contributed by atoms with Gasteiger partial charge in [0.2, 0.25) is 0 Å². The van der Waals surface area contributed by atoms with Gasteiger partial charge in [0, 0.05) is 24.4 Å². The summed E-state index contributed by atoms with van der Waals surface area (Å²) >= 11 is 1.68. The van der Waals surface area contributed by atoms with Crippen molar-refractivity contribution in [3.63, 3.8) is 0 Å². The molecule has 1 aromatic carbocycles. The van der Waals surface area contributed by atoms with Gasteiger partial charge in [-0.3, -0.25) is 4.99 Å². The predicted octanol–water partition coefficient (Wildman–Crippen LogP) is 3.31. The van der Waals surface area contributed by atoms with Crippen LogP contribution in [-0.4, -0.2) is 31.7 Å². The Labute approximate surface area is 163 Å². The molecule has 0 spiro atoms. The minimum Gasteiger partial charge on any atom is -0.497 e. The van der Waals surface area contributed by atoms with E-state index < -0.39 is 0 Å². The van der Waals surface area contributed by atoms with Crippen LogP contribution in [0.3, 0.4) is 0 Å². The molecule has 0 radical (unpaired) electrons. The number of halogens is 1. The fraction of sp³-hybridized carbons (Fsp3) is 0.375. The number of methoxy groups -OCH3 is 2. The molecule has 8 heteroatoms. The largest absolute Gasteiger partial charge is 0.497 e. The highest BCUT2D eigenvalue weighted by molar-refractivity contribution is 14.0. The summed E-state index contributed by atoms with van der Waals surface area (Å²) < 4.78 is 10.5. The number of rotatable bonds is 7. The second-order valence-electron chi connectivity index (χ2n) is 4.79. The van der Waals surface area contributed by atoms with Crippen LogP contribution >= 0.6 is 35.3 Å². The number of aromatic nitrogens is 1. The first-order valence-electron chi connectivity index (χ1n) is 7.38. The van der Waals surface area contributed by atoms with Crippen LogP contribution < -0.4 is 20.5 Å². The number of nitrogens with two attached hydrogens (primary N) is 1. The molecular formula is C16H23IN4O2S. The van der Waals surface area contributed by atoms with Gasteiger partial charge < -0.3 is 20.5 Å². The van der Waals surface area contributed by atoms with Crippen molar-refractivity contribution in [3.05, 3.63) is 34.3 Å². The van der Waals surface area contributed by atoms with E-state index in [1.165, 1.54) is 0 Å². The number of aliphatic imine (C=N–C) groups is 1. The Balaban J connectivity index is 0.00000288. The summed E-state index contributed by atoms with van der Waals surface area (Å²) in [6, 6.07) is 5.45. The van der Waals surface area contributed by atoms with Crippen molar-refractivity contribution in [2.75, 3.05) is 26.1 Å². The summed E-state index contributed by atoms with van der Waals surface area (Å²) in [6.45, 7) is 2.68. The minimum absolute atomic E-state index is 0. The number of benzene rings is 1. The van der Waals surface area contributed by atoms with Gasteiger partial charge in [-0.2, -0.15) is 0 Å². The first-order valence-corrected chi connectivity index (χ1v) is 8.26. The Hall–Kier alpha value is -1.55. The highest BCUT2D eigenvalue weighted by atomic mass is 127. The molecule has 0 aliphatic heterocycles. The number of hydrogen-bond donors (Lipinski definition) is 2. The number of nitrogens with one attached hydrogen (secondary N) is 1. The van der Waals surface area contributed by atoms with E-state index in [1.807, 2.05) is 18.2 Å². The lowest BCUT2D eigenvalue weighted by atomic mass is 10.2. The molecule has 0 amide bonds. The van der Waals surface area contributed by atoms with E-state index >= 15 is 0 Å². The zero-order valence-electron chi connectivity index (χ0n) is 14.0. The summed E-state index contributed by atoms with van der Waals surface area (Å²) in [5, 5.41) is 6.27. The average Bonchev–Trinajstić information content (AvgIpc) is 3.02. The Morgan fingerprint density at radius 1 is 1.33 bits per heavy atom. The number of aryl methyl sites for hydroxylation is 1. The molecule has 132 valence electrons. The van der Waals surface area contributed by atoms with Crippen molar-refractivity contribution >= 4 is 47.0 Å². The number of thiazole rings is 1. The Morgan fingerprint density at radius 2 is 2.12 bits per heavy atom. The van der Waals surface area contributed by atoms with Crippen LogP contribution in [0.5, 0.6) is 11.5 Å². The number of guanidine groups is 1. The second-order valence-corrected chi connectivity index (χ2v) is 5.74. The molecule has 0 atom stereocenters. The zero-order chi connectivity index (χ0) is 16.7. The first kappa shape index (κ1) is 20.5. The number of anilines is 1. The third-order valence-corrected chi connectivity index (χ3v) is 4.26. The monoisotopic (exact) mass is 462 g/mol. The summed E-state index contributed by atoms with van der Waals surface area (Å²) in [7, 11) is 3.22. The minimum atomic E-state index is 0. The normalized spacial score (nSPS) is 10.9. The van der Waals surface area contributed by atoms with Gasteiger partial charge in [0.1, 0.15) is 11.5 Å². The Morgan fingerprint density at radius 3 is 2.75 bits per heavy atom. The first-order chi connectivity index (χ1) is 11.2. The van der Waals surface area contributed by atoms with Crippen molar-refractivity contribution in [2.45, 2.75) is 19.8 Å². The third-order valence-electron chi connectivity index (χ3n) is 3.22. The topological polar surface area (TPSA) is 81.8 Å². The van der Waals surface area contributed by atoms with Gasteiger partial charge in [0.05, 0.1) is 30.6 Å². The van der Waals surface area contributed by atoms with Gasteiger partial charge >= 0.3 is 0 Å². The Kier molecular flexibility index (Phi) is 8.83. The molecule has 1 aromatic heterocycles. The van der Waals surface area contributed by atoms with E-state index in [-0.39, 0.29) is 24.0 Å². The molecule has 0 unspecified atom stereocenters. The molecule has 3 N–H and O–H groups in total. The van der Waals surface area contributed by atoms with Crippen LogP contribution in [0.2, 0.25) is 0 Å². The number of hydrogen-bond acceptors (Lipinski definition) is 5. The smallest absolute Gasteiger partial charge is 0.193 e. The number of ether oxygens (including phenoxy) is 2. The summed E-state index contributed by atoms with van der Waals surface area (Å²) in [6.07, 6.45) is 1.74. The second kappa shape index (κ2) is 10.3. The molecule has 24 heavy (non-hydrogen) atoms. The van der Waals surface area contributed by atoms with Gasteiger partial charge in [-0.05, 0) is 18.6 Å². The average molecular weight is 462 g/mol. The summed E-state index contributed by atoms with van der Waals surface area (Å²) in [5.41, 5.74) is 7.72. The van der Waals surface area contributed by atoms with E-state index in [0.29, 0.717) is 18.3 Å². The molecule has 0 bridgehead atoms. The SMILES string of the molecule is CCc1nc(CCN=C(N)Nc2cc(OC)ccc2OC)cs1.I. The molecular weight excluding hydrogens is 439 g/mol. The van der Waals surface area contributed by atoms with Crippen LogP contribution in [-0.2, 0) is 12.8 Å². The van der Waals surface area contributed by atoms with Gasteiger partial charge in [-0.15, -0.1) is 35.3 Å². The third kappa shape index (κ3) is 5.82. The quantitative estimate of drug-likeness (QED) is 0.375. The maximum absolute atomic E-state index is 5.94. The molecule has 2 aromatic rings. The maximum Gasteiger partial charge on any atom is 0.193 e. The maximum atomic E-state index is 5.94. The lowest BCUT2D eigenvalue weighted by Gasteiger charge is -2.12. The van der Waals surface area contributed by atoms with Crippen LogP contribution in [0, 0.1) is 0 Å². The highest BCUT2D eigenvalue weighted by Crippen LogP contribution is 2.28. The molecule has 1 heterocycles. The molecule has 6 nitrogen and oxygen atoms in total. The van der Waals surface area contributed by atoms with Gasteiger partial charge in [0.15, 0.2) is 5.96 Å². The van der Waals surface area contributed by atoms with E-state index in [9.17, 15) is 0 Å². The standard InChI is InChI=1S/C16H22N4O2S.HI/c1-4-15-19-11(10-23-15)7-8-18-16(17)20-13-9-12(21-2)5-6-14(13)22-3;/h5-6,9-10H,4,7-8H2,1-3H3,(H3,17,18,20);1H. The fourth-order valence-corrected chi connectivity index (χ4v) is 2.79. The lowest BCUT2D eigenvalue weighted by Crippen LogP contribution is -2.23. The van der Waals surface area contributed by atoms with E-state index in [2.05, 4.69) is 27.6 Å². The van der Waals surface area contributed by atoms with Crippen molar-refractivity contribution in [3.8, 4) is 11.5 Å². The van der Waals surface area contributed by atoms with Crippen LogP contribution in [0.25, 0.3) is 0 Å². The molecule has 0 fully saturated rings. The zero-order valence-corrected chi connectivity index (χ0v) is 17.2. The molecule has 0 saturated carbocycles. The number of nitrogens with zero attached hydrogens (tertiary/aromatic N) is 2. The molecule has 0 saturated heterocycles. The van der Waals surface area contributed by atoms with Gasteiger partial charge in [-0.1, -0.05) is 6.92 Å².